The molecule has 0 amide bonds. The van der Waals surface area contributed by atoms with Gasteiger partial charge in [-0.2, -0.15) is 0 Å². The second-order valence-corrected chi connectivity index (χ2v) is 6.65. The van der Waals surface area contributed by atoms with Gasteiger partial charge >= 0.3 is 0 Å². The van der Waals surface area contributed by atoms with Gasteiger partial charge in [0.1, 0.15) is 5.82 Å². The fourth-order valence-electron chi connectivity index (χ4n) is 2.72. The van der Waals surface area contributed by atoms with E-state index in [0.29, 0.717) is 6.54 Å². The quantitative estimate of drug-likeness (QED) is 0.512. The van der Waals surface area contributed by atoms with Gasteiger partial charge in [-0.25, -0.2) is 4.98 Å². The summed E-state index contributed by atoms with van der Waals surface area (Å²) in [6.07, 6.45) is 6.84. The maximum atomic E-state index is 12.2. The van der Waals surface area contributed by atoms with Gasteiger partial charge in [-0.05, 0) is 49.7 Å². The largest absolute Gasteiger partial charge is 0.335 e. The number of aromatic nitrogens is 3. The Labute approximate surface area is 145 Å². The first kappa shape index (κ1) is 16.8. The third-order valence-corrected chi connectivity index (χ3v) is 4.85. The summed E-state index contributed by atoms with van der Waals surface area (Å²) in [6.45, 7) is 4.38. The Morgan fingerprint density at radius 3 is 2.96 bits per heavy atom. The van der Waals surface area contributed by atoms with Gasteiger partial charge in [0.05, 0.1) is 0 Å². The number of hydrogen-bond acceptors (Lipinski definition) is 4. The molecule has 3 rings (SSSR count). The summed E-state index contributed by atoms with van der Waals surface area (Å²) in [5, 5.41) is 4.42. The van der Waals surface area contributed by atoms with Crippen LogP contribution in [0.2, 0.25) is 0 Å². The molecule has 0 unspecified atom stereocenters. The number of imidazole rings is 1. The van der Waals surface area contributed by atoms with Crippen LogP contribution in [0.3, 0.4) is 0 Å². The smallest absolute Gasteiger partial charge is 0.252 e. The van der Waals surface area contributed by atoms with Gasteiger partial charge in [0.2, 0.25) is 0 Å². The number of rotatable bonds is 7. The number of aryl methyl sites for hydroxylation is 2. The molecule has 3 aromatic rings. The molecule has 0 bridgehead atoms. The molecule has 1 aromatic carbocycles. The van der Waals surface area contributed by atoms with E-state index in [0.717, 1.165) is 46.7 Å². The van der Waals surface area contributed by atoms with Crippen molar-refractivity contribution in [3.63, 3.8) is 0 Å². The maximum Gasteiger partial charge on any atom is 0.252 e. The molecular weight excluding hydrogens is 320 g/mol. The van der Waals surface area contributed by atoms with E-state index in [2.05, 4.69) is 32.0 Å². The average Bonchev–Trinajstić information content (AvgIpc) is 2.99. The van der Waals surface area contributed by atoms with Gasteiger partial charge in [0.25, 0.3) is 5.56 Å². The first-order valence-corrected chi connectivity index (χ1v) is 9.28. The van der Waals surface area contributed by atoms with Crippen LogP contribution in [0.15, 0.2) is 46.3 Å². The Morgan fingerprint density at radius 2 is 2.21 bits per heavy atom. The number of nitrogens with zero attached hydrogens (tertiary/aromatic N) is 2. The van der Waals surface area contributed by atoms with Gasteiger partial charge in [-0.1, -0.05) is 6.07 Å². The molecule has 0 aliphatic heterocycles. The van der Waals surface area contributed by atoms with E-state index < -0.39 is 0 Å². The molecule has 2 aromatic heterocycles. The van der Waals surface area contributed by atoms with Crippen molar-refractivity contribution in [1.82, 2.24) is 19.9 Å². The van der Waals surface area contributed by atoms with Gasteiger partial charge in [0, 0.05) is 41.5 Å². The van der Waals surface area contributed by atoms with Crippen molar-refractivity contribution in [2.75, 3.05) is 12.8 Å². The summed E-state index contributed by atoms with van der Waals surface area (Å²) >= 11 is 1.67. The highest BCUT2D eigenvalue weighted by molar-refractivity contribution is 7.98. The van der Waals surface area contributed by atoms with Crippen molar-refractivity contribution in [3.05, 3.63) is 58.4 Å². The molecule has 0 saturated carbocycles. The zero-order valence-electron chi connectivity index (χ0n) is 14.0. The topological polar surface area (TPSA) is 62.7 Å². The van der Waals surface area contributed by atoms with Crippen LogP contribution in [0.1, 0.15) is 17.8 Å². The summed E-state index contributed by atoms with van der Waals surface area (Å²) in [5.74, 6) is 1.03. The molecule has 0 aliphatic rings. The fourth-order valence-corrected chi connectivity index (χ4v) is 3.16. The van der Waals surface area contributed by atoms with E-state index in [4.69, 9.17) is 0 Å². The predicted molar refractivity (Wildman–Crippen MR) is 99.6 cm³/mol. The minimum Gasteiger partial charge on any atom is -0.335 e. The van der Waals surface area contributed by atoms with Gasteiger partial charge in [-0.15, -0.1) is 11.8 Å². The Kier molecular flexibility index (Phi) is 5.37. The lowest BCUT2D eigenvalue weighted by molar-refractivity contribution is 0.571. The Morgan fingerprint density at radius 1 is 1.33 bits per heavy atom. The SMILES string of the molecule is CSc1ccc2cc(CNCCCn3ccnc3C)c(=O)[nH]c2c1. The number of H-pyrrole nitrogens is 1. The monoisotopic (exact) mass is 342 g/mol. The second kappa shape index (κ2) is 7.68. The molecule has 24 heavy (non-hydrogen) atoms. The lowest BCUT2D eigenvalue weighted by Crippen LogP contribution is -2.22. The summed E-state index contributed by atoms with van der Waals surface area (Å²) in [5.41, 5.74) is 1.66. The number of benzene rings is 1. The number of fused-ring (bicyclic) bond motifs is 1. The van der Waals surface area contributed by atoms with Crippen molar-refractivity contribution >= 4 is 22.7 Å². The van der Waals surface area contributed by atoms with Crippen LogP contribution >= 0.6 is 11.8 Å². The highest BCUT2D eigenvalue weighted by atomic mass is 32.2. The second-order valence-electron chi connectivity index (χ2n) is 5.78. The number of thioether (sulfide) groups is 1. The van der Waals surface area contributed by atoms with E-state index in [1.54, 1.807) is 11.8 Å². The molecule has 5 nitrogen and oxygen atoms in total. The number of aromatic amines is 1. The van der Waals surface area contributed by atoms with Crippen molar-refractivity contribution in [2.24, 2.45) is 0 Å². The van der Waals surface area contributed by atoms with Crippen LogP contribution in [-0.4, -0.2) is 27.3 Å². The Hall–Kier alpha value is -2.05. The number of pyridine rings is 1. The normalized spacial score (nSPS) is 11.2. The fraction of sp³-hybridized carbons (Fsp3) is 0.333. The molecule has 0 radical (unpaired) electrons. The number of hydrogen-bond donors (Lipinski definition) is 2. The molecule has 2 heterocycles. The summed E-state index contributed by atoms with van der Waals surface area (Å²) in [6, 6.07) is 8.13. The predicted octanol–water partition coefficient (Wildman–Crippen LogP) is 2.93. The molecule has 0 aliphatic carbocycles. The molecule has 2 N–H and O–H groups in total. The molecule has 0 fully saturated rings. The van der Waals surface area contributed by atoms with Crippen LogP contribution in [0.5, 0.6) is 0 Å². The molecule has 6 heteroatoms. The Balaban J connectivity index is 1.58. The van der Waals surface area contributed by atoms with Crippen LogP contribution in [0.4, 0.5) is 0 Å². The zero-order valence-corrected chi connectivity index (χ0v) is 14.8. The first-order valence-electron chi connectivity index (χ1n) is 8.06. The van der Waals surface area contributed by atoms with Crippen molar-refractivity contribution in [3.8, 4) is 0 Å². The molecular formula is C18H22N4OS. The van der Waals surface area contributed by atoms with E-state index in [1.165, 1.54) is 0 Å². The van der Waals surface area contributed by atoms with Crippen LogP contribution in [-0.2, 0) is 13.1 Å². The van der Waals surface area contributed by atoms with Crippen LogP contribution < -0.4 is 10.9 Å². The third-order valence-electron chi connectivity index (χ3n) is 4.12. The summed E-state index contributed by atoms with van der Waals surface area (Å²) in [7, 11) is 0. The van der Waals surface area contributed by atoms with Crippen molar-refractivity contribution in [1.29, 1.82) is 0 Å². The Bertz CT molecular complexity index is 884. The maximum absolute atomic E-state index is 12.2. The molecule has 0 saturated heterocycles. The van der Waals surface area contributed by atoms with Crippen molar-refractivity contribution in [2.45, 2.75) is 31.3 Å². The van der Waals surface area contributed by atoms with Crippen molar-refractivity contribution < 1.29 is 0 Å². The molecule has 0 spiro atoms. The minimum atomic E-state index is -0.0151. The minimum absolute atomic E-state index is 0.0151. The van der Waals surface area contributed by atoms with Crippen LogP contribution in [0.25, 0.3) is 10.9 Å². The van der Waals surface area contributed by atoms with Gasteiger partial charge < -0.3 is 14.9 Å². The molecule has 126 valence electrons. The van der Waals surface area contributed by atoms with Crippen LogP contribution in [0, 0.1) is 6.92 Å². The first-order chi connectivity index (χ1) is 11.7. The summed E-state index contributed by atoms with van der Waals surface area (Å²) < 4.78 is 2.13. The van der Waals surface area contributed by atoms with Gasteiger partial charge in [-0.3, -0.25) is 4.79 Å². The zero-order chi connectivity index (χ0) is 16.9. The van der Waals surface area contributed by atoms with Gasteiger partial charge in [0.15, 0.2) is 0 Å². The lowest BCUT2D eigenvalue weighted by Gasteiger charge is -2.08. The van der Waals surface area contributed by atoms with E-state index in [1.807, 2.05) is 37.7 Å². The van der Waals surface area contributed by atoms with E-state index in [9.17, 15) is 4.79 Å². The highest BCUT2D eigenvalue weighted by Gasteiger charge is 2.04. The van der Waals surface area contributed by atoms with E-state index >= 15 is 0 Å². The third kappa shape index (κ3) is 3.88. The summed E-state index contributed by atoms with van der Waals surface area (Å²) in [4.78, 5) is 20.6. The average molecular weight is 342 g/mol. The lowest BCUT2D eigenvalue weighted by atomic mass is 10.1. The number of nitrogens with one attached hydrogen (secondary N) is 2. The van der Waals surface area contributed by atoms with E-state index in [-0.39, 0.29) is 5.56 Å². The highest BCUT2D eigenvalue weighted by Crippen LogP contribution is 2.20. The standard InChI is InChI=1S/C18H22N4OS/c1-13-20-7-9-22(13)8-3-6-19-12-15-10-14-4-5-16(24-2)11-17(14)21-18(15)23/h4-5,7,9-11,19H,3,6,8,12H2,1-2H3,(H,21,23). The molecule has 0 atom stereocenters.